The Balaban J connectivity index is 0.000000751. The standard InChI is InChI=1S/C18H18ClF3N2O2.C2H2O4/c1-24(10-12-4-3-5-14(8-12)26-2)11-17(25)23-16-9-13(18(20,21)22)6-7-15(16)19;3-1(4)2(5)6/h3-9H,10-11H2,1-2H3,(H,23,25);(H,3,4)(H,5,6). The molecule has 32 heavy (non-hydrogen) atoms. The van der Waals surface area contributed by atoms with Crippen LogP contribution in [-0.2, 0) is 27.1 Å². The summed E-state index contributed by atoms with van der Waals surface area (Å²) in [7, 11) is 3.29. The first-order valence-electron chi connectivity index (χ1n) is 8.77. The van der Waals surface area contributed by atoms with Crippen LogP contribution >= 0.6 is 11.6 Å². The van der Waals surface area contributed by atoms with Gasteiger partial charge < -0.3 is 20.3 Å². The van der Waals surface area contributed by atoms with Crippen LogP contribution in [0.25, 0.3) is 0 Å². The first-order chi connectivity index (χ1) is 14.8. The number of hydrogen-bond acceptors (Lipinski definition) is 5. The molecule has 0 radical (unpaired) electrons. The highest BCUT2D eigenvalue weighted by Gasteiger charge is 2.31. The normalized spacial score (nSPS) is 10.7. The Hall–Kier alpha value is -3.31. The van der Waals surface area contributed by atoms with Crippen LogP contribution in [0.15, 0.2) is 42.5 Å². The van der Waals surface area contributed by atoms with Gasteiger partial charge in [-0.2, -0.15) is 13.2 Å². The van der Waals surface area contributed by atoms with E-state index in [1.165, 1.54) is 0 Å². The zero-order chi connectivity index (χ0) is 24.5. The van der Waals surface area contributed by atoms with E-state index in [-0.39, 0.29) is 17.3 Å². The lowest BCUT2D eigenvalue weighted by Crippen LogP contribution is -2.30. The molecule has 0 aliphatic heterocycles. The molecular formula is C20H20ClF3N2O6. The quantitative estimate of drug-likeness (QED) is 0.545. The minimum Gasteiger partial charge on any atom is -0.497 e. The van der Waals surface area contributed by atoms with Crippen molar-refractivity contribution in [3.8, 4) is 5.75 Å². The van der Waals surface area contributed by atoms with Gasteiger partial charge in [0.2, 0.25) is 5.91 Å². The van der Waals surface area contributed by atoms with Gasteiger partial charge in [-0.25, -0.2) is 9.59 Å². The number of rotatable bonds is 6. The van der Waals surface area contributed by atoms with E-state index >= 15 is 0 Å². The van der Waals surface area contributed by atoms with Crippen LogP contribution in [0.2, 0.25) is 5.02 Å². The summed E-state index contributed by atoms with van der Waals surface area (Å²) >= 11 is 5.88. The molecule has 174 valence electrons. The van der Waals surface area contributed by atoms with Crippen LogP contribution in [0.1, 0.15) is 11.1 Å². The molecular weight excluding hydrogens is 457 g/mol. The van der Waals surface area contributed by atoms with E-state index in [1.807, 2.05) is 24.3 Å². The van der Waals surface area contributed by atoms with E-state index in [0.717, 1.165) is 23.8 Å². The topological polar surface area (TPSA) is 116 Å². The number of likely N-dealkylation sites (N-methyl/N-ethyl adjacent to an activating group) is 1. The third-order valence-electron chi connectivity index (χ3n) is 3.75. The SMILES string of the molecule is COc1cccc(CN(C)CC(=O)Nc2cc(C(F)(F)F)ccc2Cl)c1.O=C(O)C(=O)O. The van der Waals surface area contributed by atoms with E-state index in [0.29, 0.717) is 12.3 Å². The largest absolute Gasteiger partial charge is 0.497 e. The maximum Gasteiger partial charge on any atom is 0.416 e. The van der Waals surface area contributed by atoms with Crippen molar-refractivity contribution >= 4 is 35.1 Å². The van der Waals surface area contributed by atoms with E-state index in [2.05, 4.69) is 5.32 Å². The van der Waals surface area contributed by atoms with Gasteiger partial charge in [0.05, 0.1) is 29.9 Å². The fourth-order valence-corrected chi connectivity index (χ4v) is 2.54. The molecule has 0 saturated carbocycles. The Labute approximate surface area is 186 Å². The summed E-state index contributed by atoms with van der Waals surface area (Å²) in [5.41, 5.74) is -0.0000385. The molecule has 1 amide bonds. The predicted octanol–water partition coefficient (Wildman–Crippen LogP) is 3.59. The molecule has 3 N–H and O–H groups in total. The number of anilines is 1. The summed E-state index contributed by atoms with van der Waals surface area (Å²) in [6.45, 7) is 0.463. The fraction of sp³-hybridized carbons (Fsp3) is 0.250. The molecule has 0 fully saturated rings. The number of amides is 1. The van der Waals surface area contributed by atoms with E-state index in [4.69, 9.17) is 36.1 Å². The number of carboxylic acid groups (broad SMARTS) is 2. The lowest BCUT2D eigenvalue weighted by Gasteiger charge is -2.17. The van der Waals surface area contributed by atoms with Crippen LogP contribution in [0.3, 0.4) is 0 Å². The van der Waals surface area contributed by atoms with E-state index in [1.54, 1.807) is 19.1 Å². The Morgan fingerprint density at radius 1 is 1.09 bits per heavy atom. The molecule has 0 atom stereocenters. The smallest absolute Gasteiger partial charge is 0.416 e. The highest BCUT2D eigenvalue weighted by atomic mass is 35.5. The summed E-state index contributed by atoms with van der Waals surface area (Å²) in [4.78, 5) is 32.1. The Morgan fingerprint density at radius 2 is 1.72 bits per heavy atom. The van der Waals surface area contributed by atoms with Crippen molar-refractivity contribution in [2.45, 2.75) is 12.7 Å². The Kier molecular flexibility index (Phi) is 9.95. The third kappa shape index (κ3) is 9.23. The van der Waals surface area contributed by atoms with Crippen molar-refractivity contribution in [1.29, 1.82) is 0 Å². The second kappa shape index (κ2) is 11.9. The number of nitrogens with one attached hydrogen (secondary N) is 1. The fourth-order valence-electron chi connectivity index (χ4n) is 2.37. The third-order valence-corrected chi connectivity index (χ3v) is 4.08. The molecule has 0 saturated heterocycles. The van der Waals surface area contributed by atoms with Gasteiger partial charge in [0, 0.05) is 6.54 Å². The molecule has 12 heteroatoms. The summed E-state index contributed by atoms with van der Waals surface area (Å²) in [6, 6.07) is 10.2. The Morgan fingerprint density at radius 3 is 2.25 bits per heavy atom. The number of carboxylic acids is 2. The van der Waals surface area contributed by atoms with Gasteiger partial charge in [0.25, 0.3) is 0 Å². The minimum atomic E-state index is -4.51. The number of hydrogen-bond donors (Lipinski definition) is 3. The molecule has 2 rings (SSSR count). The summed E-state index contributed by atoms with van der Waals surface area (Å²) in [5, 5.41) is 17.3. The maximum atomic E-state index is 12.8. The van der Waals surface area contributed by atoms with Gasteiger partial charge in [0.15, 0.2) is 0 Å². The van der Waals surface area contributed by atoms with Crippen LogP contribution in [-0.4, -0.2) is 53.7 Å². The number of ether oxygens (including phenoxy) is 1. The van der Waals surface area contributed by atoms with Crippen molar-refractivity contribution < 1.29 is 42.5 Å². The molecule has 0 unspecified atom stereocenters. The average Bonchev–Trinajstić information content (AvgIpc) is 2.69. The molecule has 0 bridgehead atoms. The van der Waals surface area contributed by atoms with Crippen LogP contribution < -0.4 is 10.1 Å². The van der Waals surface area contributed by atoms with Crippen molar-refractivity contribution in [2.24, 2.45) is 0 Å². The summed E-state index contributed by atoms with van der Waals surface area (Å²) in [5.74, 6) is -3.40. The number of benzene rings is 2. The van der Waals surface area contributed by atoms with Crippen molar-refractivity contribution in [1.82, 2.24) is 4.90 Å². The predicted molar refractivity (Wildman–Crippen MR) is 110 cm³/mol. The van der Waals surface area contributed by atoms with Crippen molar-refractivity contribution in [3.05, 3.63) is 58.6 Å². The lowest BCUT2D eigenvalue weighted by molar-refractivity contribution is -0.159. The lowest BCUT2D eigenvalue weighted by atomic mass is 10.2. The second-order valence-corrected chi connectivity index (χ2v) is 6.78. The summed E-state index contributed by atoms with van der Waals surface area (Å²) in [6.07, 6.45) is -4.51. The first-order valence-corrected chi connectivity index (χ1v) is 9.15. The average molecular weight is 477 g/mol. The number of aliphatic carboxylic acids is 2. The zero-order valence-electron chi connectivity index (χ0n) is 16.9. The van der Waals surface area contributed by atoms with Gasteiger partial charge >= 0.3 is 18.1 Å². The molecule has 0 spiro atoms. The monoisotopic (exact) mass is 476 g/mol. The van der Waals surface area contributed by atoms with Crippen molar-refractivity contribution in [2.75, 3.05) is 26.0 Å². The van der Waals surface area contributed by atoms with Gasteiger partial charge in [-0.05, 0) is 42.9 Å². The molecule has 0 aliphatic carbocycles. The number of halogens is 4. The van der Waals surface area contributed by atoms with Crippen molar-refractivity contribution in [3.63, 3.8) is 0 Å². The zero-order valence-corrected chi connectivity index (χ0v) is 17.7. The molecule has 0 aliphatic rings. The maximum absolute atomic E-state index is 12.8. The van der Waals surface area contributed by atoms with Gasteiger partial charge in [-0.3, -0.25) is 9.69 Å². The van der Waals surface area contributed by atoms with E-state index < -0.39 is 29.6 Å². The van der Waals surface area contributed by atoms with Gasteiger partial charge in [-0.1, -0.05) is 23.7 Å². The minimum absolute atomic E-state index is 0.0101. The van der Waals surface area contributed by atoms with Gasteiger partial charge in [-0.15, -0.1) is 0 Å². The number of alkyl halides is 3. The number of nitrogens with zero attached hydrogens (tertiary/aromatic N) is 1. The number of methoxy groups -OCH3 is 1. The number of carbonyl (C=O) groups is 3. The first kappa shape index (κ1) is 26.7. The Bertz CT molecular complexity index is 957. The van der Waals surface area contributed by atoms with E-state index in [9.17, 15) is 18.0 Å². The molecule has 8 nitrogen and oxygen atoms in total. The molecule has 0 aromatic heterocycles. The molecule has 2 aromatic rings. The molecule has 2 aromatic carbocycles. The second-order valence-electron chi connectivity index (χ2n) is 6.37. The van der Waals surface area contributed by atoms with Crippen LogP contribution in [0, 0.1) is 0 Å². The highest BCUT2D eigenvalue weighted by Crippen LogP contribution is 2.33. The highest BCUT2D eigenvalue weighted by molar-refractivity contribution is 6.33. The van der Waals surface area contributed by atoms with Crippen LogP contribution in [0.4, 0.5) is 18.9 Å². The number of carbonyl (C=O) groups excluding carboxylic acids is 1. The van der Waals surface area contributed by atoms with Gasteiger partial charge in [0.1, 0.15) is 5.75 Å². The van der Waals surface area contributed by atoms with Crippen LogP contribution in [0.5, 0.6) is 5.75 Å². The summed E-state index contributed by atoms with van der Waals surface area (Å²) < 4.78 is 43.5. The molecule has 0 heterocycles.